The summed E-state index contributed by atoms with van der Waals surface area (Å²) in [5.41, 5.74) is 0.928. The summed E-state index contributed by atoms with van der Waals surface area (Å²) >= 11 is 3.28. The van der Waals surface area contributed by atoms with Crippen molar-refractivity contribution in [3.63, 3.8) is 0 Å². The van der Waals surface area contributed by atoms with E-state index in [-0.39, 0.29) is 11.4 Å². The van der Waals surface area contributed by atoms with E-state index in [2.05, 4.69) is 21.2 Å². The number of nitrogens with one attached hydrogen (secondary N) is 1. The van der Waals surface area contributed by atoms with Gasteiger partial charge in [-0.05, 0) is 24.6 Å². The van der Waals surface area contributed by atoms with E-state index in [1.54, 1.807) is 6.07 Å². The number of hydrogen-bond acceptors (Lipinski definition) is 5. The van der Waals surface area contributed by atoms with Crippen molar-refractivity contribution in [3.8, 4) is 0 Å². The summed E-state index contributed by atoms with van der Waals surface area (Å²) in [7, 11) is -2.92. The molecule has 1 N–H and O–H groups in total. The molecule has 0 bridgehead atoms. The highest BCUT2D eigenvalue weighted by Gasteiger charge is 2.08. The third-order valence-corrected chi connectivity index (χ3v) is 4.20. The van der Waals surface area contributed by atoms with Crippen LogP contribution < -0.4 is 5.32 Å². The highest BCUT2D eigenvalue weighted by atomic mass is 79.9. The molecule has 0 aromatic heterocycles. The Hall–Kier alpha value is -0.990. The van der Waals surface area contributed by atoms with Gasteiger partial charge in [-0.2, -0.15) is 0 Å². The minimum Gasteiger partial charge on any atom is -0.313 e. The first kappa shape index (κ1) is 16.1. The summed E-state index contributed by atoms with van der Waals surface area (Å²) in [6.07, 6.45) is 1.75. The Bertz CT molecular complexity index is 560. The number of nitro groups is 1. The van der Waals surface area contributed by atoms with Crippen molar-refractivity contribution in [2.75, 3.05) is 18.6 Å². The zero-order valence-electron chi connectivity index (χ0n) is 10.4. The molecule has 6 nitrogen and oxygen atoms in total. The molecule has 0 saturated carbocycles. The van der Waals surface area contributed by atoms with E-state index < -0.39 is 14.8 Å². The molecular formula is C11H15BrN2O4S. The van der Waals surface area contributed by atoms with Gasteiger partial charge in [0.25, 0.3) is 5.69 Å². The minimum absolute atomic E-state index is 0.0349. The van der Waals surface area contributed by atoms with Crippen LogP contribution in [0.15, 0.2) is 22.7 Å². The van der Waals surface area contributed by atoms with Crippen molar-refractivity contribution in [2.45, 2.75) is 13.0 Å². The first-order valence-electron chi connectivity index (χ1n) is 5.61. The van der Waals surface area contributed by atoms with Gasteiger partial charge in [-0.1, -0.05) is 15.9 Å². The van der Waals surface area contributed by atoms with Gasteiger partial charge in [-0.15, -0.1) is 0 Å². The van der Waals surface area contributed by atoms with Gasteiger partial charge in [0.15, 0.2) is 0 Å². The normalized spacial score (nSPS) is 11.5. The van der Waals surface area contributed by atoms with Crippen molar-refractivity contribution in [2.24, 2.45) is 0 Å². The predicted octanol–water partition coefficient (Wildman–Crippen LogP) is 1.88. The molecule has 1 aromatic carbocycles. The molecule has 0 unspecified atom stereocenters. The summed E-state index contributed by atoms with van der Waals surface area (Å²) in [5, 5.41) is 13.7. The quantitative estimate of drug-likeness (QED) is 0.460. The summed E-state index contributed by atoms with van der Waals surface area (Å²) < 4.78 is 22.5. The average molecular weight is 351 g/mol. The van der Waals surface area contributed by atoms with Crippen LogP contribution in [-0.4, -0.2) is 31.9 Å². The lowest BCUT2D eigenvalue weighted by Gasteiger charge is -2.06. The standard InChI is InChI=1S/C11H15BrN2O4S/c1-19(17,18)6-2-5-13-8-9-3-4-10(14(15)16)7-11(9)12/h3-4,7,13H,2,5-6,8H2,1H3. The highest BCUT2D eigenvalue weighted by Crippen LogP contribution is 2.22. The second-order valence-electron chi connectivity index (χ2n) is 4.19. The maximum atomic E-state index is 10.9. The molecule has 0 radical (unpaired) electrons. The van der Waals surface area contributed by atoms with Gasteiger partial charge in [-0.25, -0.2) is 8.42 Å². The summed E-state index contributed by atoms with van der Waals surface area (Å²) in [4.78, 5) is 10.1. The van der Waals surface area contributed by atoms with Gasteiger partial charge >= 0.3 is 0 Å². The molecule has 1 rings (SSSR count). The molecular weight excluding hydrogens is 336 g/mol. The number of nitrogens with zero attached hydrogens (tertiary/aromatic N) is 1. The molecule has 0 amide bonds. The van der Waals surface area contributed by atoms with E-state index in [0.29, 0.717) is 24.0 Å². The number of rotatable bonds is 7. The van der Waals surface area contributed by atoms with Crippen LogP contribution >= 0.6 is 15.9 Å². The van der Waals surface area contributed by atoms with Crippen LogP contribution in [0, 0.1) is 10.1 Å². The Balaban J connectivity index is 2.44. The Kier molecular flexibility index (Phi) is 5.89. The second-order valence-corrected chi connectivity index (χ2v) is 7.31. The Morgan fingerprint density at radius 3 is 2.63 bits per heavy atom. The predicted molar refractivity (Wildman–Crippen MR) is 76.8 cm³/mol. The van der Waals surface area contributed by atoms with Crippen molar-refractivity contribution < 1.29 is 13.3 Å². The molecule has 0 aliphatic heterocycles. The molecule has 19 heavy (non-hydrogen) atoms. The van der Waals surface area contributed by atoms with E-state index in [4.69, 9.17) is 0 Å². The van der Waals surface area contributed by atoms with Gasteiger partial charge in [-0.3, -0.25) is 10.1 Å². The molecule has 0 spiro atoms. The Morgan fingerprint density at radius 2 is 2.11 bits per heavy atom. The minimum atomic E-state index is -2.92. The summed E-state index contributed by atoms with van der Waals surface area (Å²) in [5.74, 6) is 0.154. The molecule has 0 saturated heterocycles. The van der Waals surface area contributed by atoms with Gasteiger partial charge in [0.1, 0.15) is 9.84 Å². The smallest absolute Gasteiger partial charge is 0.270 e. The average Bonchev–Trinajstić information content (AvgIpc) is 2.28. The van der Waals surface area contributed by atoms with Crippen LogP contribution in [0.2, 0.25) is 0 Å². The lowest BCUT2D eigenvalue weighted by molar-refractivity contribution is -0.384. The number of hydrogen-bond donors (Lipinski definition) is 1. The number of sulfone groups is 1. The number of benzene rings is 1. The molecule has 1 aromatic rings. The van der Waals surface area contributed by atoms with Gasteiger partial charge in [0, 0.05) is 29.4 Å². The van der Waals surface area contributed by atoms with Crippen molar-refractivity contribution in [3.05, 3.63) is 38.3 Å². The van der Waals surface area contributed by atoms with E-state index in [1.165, 1.54) is 18.4 Å². The number of nitro benzene ring substituents is 1. The maximum Gasteiger partial charge on any atom is 0.270 e. The molecule has 0 aliphatic rings. The van der Waals surface area contributed by atoms with Crippen LogP contribution in [0.1, 0.15) is 12.0 Å². The Morgan fingerprint density at radius 1 is 1.42 bits per heavy atom. The maximum absolute atomic E-state index is 10.9. The van der Waals surface area contributed by atoms with E-state index in [1.807, 2.05) is 0 Å². The summed E-state index contributed by atoms with van der Waals surface area (Å²) in [6.45, 7) is 1.11. The first-order chi connectivity index (χ1) is 8.79. The third kappa shape index (κ3) is 6.13. The summed E-state index contributed by atoms with van der Waals surface area (Å²) in [6, 6.07) is 4.57. The second kappa shape index (κ2) is 6.97. The molecule has 8 heteroatoms. The van der Waals surface area contributed by atoms with E-state index in [0.717, 1.165) is 5.56 Å². The zero-order valence-corrected chi connectivity index (χ0v) is 12.8. The lowest BCUT2D eigenvalue weighted by atomic mass is 10.2. The van der Waals surface area contributed by atoms with Gasteiger partial charge in [0.05, 0.1) is 10.7 Å². The fraction of sp³-hybridized carbons (Fsp3) is 0.455. The fourth-order valence-electron chi connectivity index (χ4n) is 1.48. The van der Waals surface area contributed by atoms with Crippen LogP contribution in [0.25, 0.3) is 0 Å². The monoisotopic (exact) mass is 350 g/mol. The largest absolute Gasteiger partial charge is 0.313 e. The zero-order chi connectivity index (χ0) is 14.5. The third-order valence-electron chi connectivity index (χ3n) is 2.43. The first-order valence-corrected chi connectivity index (χ1v) is 8.46. The molecule has 0 fully saturated rings. The van der Waals surface area contributed by atoms with Crippen molar-refractivity contribution >= 4 is 31.5 Å². The molecule has 106 valence electrons. The fourth-order valence-corrected chi connectivity index (χ4v) is 2.65. The van der Waals surface area contributed by atoms with Crippen LogP contribution in [0.3, 0.4) is 0 Å². The SMILES string of the molecule is CS(=O)(=O)CCCNCc1ccc([N+](=O)[O-])cc1Br. The van der Waals surface area contributed by atoms with E-state index >= 15 is 0 Å². The topological polar surface area (TPSA) is 89.3 Å². The number of halogens is 1. The molecule has 0 atom stereocenters. The molecule has 0 aliphatic carbocycles. The highest BCUT2D eigenvalue weighted by molar-refractivity contribution is 9.10. The van der Waals surface area contributed by atoms with E-state index in [9.17, 15) is 18.5 Å². The van der Waals surface area contributed by atoms with Gasteiger partial charge < -0.3 is 5.32 Å². The van der Waals surface area contributed by atoms with Crippen LogP contribution in [0.5, 0.6) is 0 Å². The number of non-ortho nitro benzene ring substituents is 1. The lowest BCUT2D eigenvalue weighted by Crippen LogP contribution is -2.18. The molecule has 0 heterocycles. The van der Waals surface area contributed by atoms with Crippen LogP contribution in [-0.2, 0) is 16.4 Å². The van der Waals surface area contributed by atoms with Gasteiger partial charge in [0.2, 0.25) is 0 Å². The van der Waals surface area contributed by atoms with Crippen LogP contribution in [0.4, 0.5) is 5.69 Å². The van der Waals surface area contributed by atoms with Crippen molar-refractivity contribution in [1.82, 2.24) is 5.32 Å². The van der Waals surface area contributed by atoms with Crippen molar-refractivity contribution in [1.29, 1.82) is 0 Å². The Labute approximate surface area is 120 Å².